The second kappa shape index (κ2) is 8.46. The molecule has 0 radical (unpaired) electrons. The molecule has 0 aliphatic carbocycles. The number of carbonyl (C=O) groups is 3. The van der Waals surface area contributed by atoms with Gasteiger partial charge in [-0.05, 0) is 32.9 Å². The molecule has 0 saturated carbocycles. The predicted octanol–water partition coefficient (Wildman–Crippen LogP) is -0.511. The quantitative estimate of drug-likeness (QED) is 0.504. The lowest BCUT2D eigenvalue weighted by Crippen LogP contribution is -2.50. The van der Waals surface area contributed by atoms with Gasteiger partial charge < -0.3 is 26.4 Å². The Hall–Kier alpha value is -1.83. The van der Waals surface area contributed by atoms with Crippen LogP contribution in [0.15, 0.2) is 0 Å². The zero-order valence-electron chi connectivity index (χ0n) is 12.3. The third-order valence-electron chi connectivity index (χ3n) is 3.70. The van der Waals surface area contributed by atoms with E-state index in [1.807, 2.05) is 7.05 Å². The number of carboxylic acids is 1. The fraction of sp³-hybridized carbons (Fsp3) is 0.769. The highest BCUT2D eigenvalue weighted by atomic mass is 16.4. The Labute approximate surface area is 124 Å². The number of urea groups is 1. The van der Waals surface area contributed by atoms with Crippen molar-refractivity contribution in [2.45, 2.75) is 44.2 Å². The summed E-state index contributed by atoms with van der Waals surface area (Å²) in [6, 6.07) is -1.37. The van der Waals surface area contributed by atoms with Crippen LogP contribution in [0.4, 0.5) is 4.79 Å². The van der Waals surface area contributed by atoms with Crippen LogP contribution < -0.4 is 16.4 Å². The molecule has 8 heteroatoms. The molecule has 0 bridgehead atoms. The van der Waals surface area contributed by atoms with Crippen molar-refractivity contribution in [2.24, 2.45) is 5.73 Å². The van der Waals surface area contributed by atoms with Gasteiger partial charge in [-0.2, -0.15) is 0 Å². The maximum atomic E-state index is 11.7. The van der Waals surface area contributed by atoms with Crippen LogP contribution in [0.3, 0.4) is 0 Å². The number of piperidine rings is 1. The van der Waals surface area contributed by atoms with Crippen LogP contribution in [0.25, 0.3) is 0 Å². The Bertz CT molecular complexity index is 388. The molecule has 1 saturated heterocycles. The zero-order valence-corrected chi connectivity index (χ0v) is 12.3. The summed E-state index contributed by atoms with van der Waals surface area (Å²) in [4.78, 5) is 35.6. The number of nitrogens with zero attached hydrogens (tertiary/aromatic N) is 1. The van der Waals surface area contributed by atoms with E-state index in [1.54, 1.807) is 0 Å². The number of aliphatic carboxylic acids is 1. The topological polar surface area (TPSA) is 125 Å². The van der Waals surface area contributed by atoms with Crippen molar-refractivity contribution in [2.75, 3.05) is 20.1 Å². The van der Waals surface area contributed by atoms with Crippen LogP contribution >= 0.6 is 0 Å². The molecule has 2 atom stereocenters. The minimum atomic E-state index is -1.18. The average molecular weight is 300 g/mol. The smallest absolute Gasteiger partial charge is 0.326 e. The molecule has 2 unspecified atom stereocenters. The fourth-order valence-corrected chi connectivity index (χ4v) is 2.37. The first-order chi connectivity index (χ1) is 9.90. The first-order valence-corrected chi connectivity index (χ1v) is 7.16. The van der Waals surface area contributed by atoms with Crippen LogP contribution in [0.5, 0.6) is 0 Å². The van der Waals surface area contributed by atoms with Gasteiger partial charge in [-0.1, -0.05) is 6.42 Å². The Balaban J connectivity index is 2.35. The molecule has 0 aromatic carbocycles. The molecule has 120 valence electrons. The van der Waals surface area contributed by atoms with E-state index in [2.05, 4.69) is 15.5 Å². The summed E-state index contributed by atoms with van der Waals surface area (Å²) in [5, 5.41) is 14.0. The molecule has 0 aromatic rings. The van der Waals surface area contributed by atoms with Gasteiger partial charge in [0.05, 0.1) is 0 Å². The van der Waals surface area contributed by atoms with Crippen molar-refractivity contribution >= 4 is 17.9 Å². The van der Waals surface area contributed by atoms with Crippen molar-refractivity contribution in [3.63, 3.8) is 0 Å². The number of carbonyl (C=O) groups excluding carboxylic acids is 2. The lowest BCUT2D eigenvalue weighted by atomic mass is 10.0. The molecule has 3 amide bonds. The number of nitrogens with two attached hydrogens (primary N) is 1. The number of amides is 3. The molecule has 1 aliphatic rings. The minimum absolute atomic E-state index is 0.0125. The summed E-state index contributed by atoms with van der Waals surface area (Å²) in [7, 11) is 2.01. The Kier molecular flexibility index (Phi) is 6.93. The number of hydrogen-bond donors (Lipinski definition) is 4. The SMILES string of the molecule is CN1CCCCC1CNC(=O)NC(CCC(N)=O)C(=O)O. The number of likely N-dealkylation sites (N-methyl/N-ethyl adjacent to an activating group) is 1. The van der Waals surface area contributed by atoms with Crippen LogP contribution in [0.2, 0.25) is 0 Å². The predicted molar refractivity (Wildman–Crippen MR) is 76.7 cm³/mol. The van der Waals surface area contributed by atoms with Gasteiger partial charge in [0.2, 0.25) is 5.91 Å². The minimum Gasteiger partial charge on any atom is -0.480 e. The van der Waals surface area contributed by atoms with Gasteiger partial charge in [-0.3, -0.25) is 4.79 Å². The van der Waals surface area contributed by atoms with E-state index < -0.39 is 23.9 Å². The second-order valence-corrected chi connectivity index (χ2v) is 5.38. The van der Waals surface area contributed by atoms with E-state index in [9.17, 15) is 14.4 Å². The van der Waals surface area contributed by atoms with Crippen LogP contribution in [-0.2, 0) is 9.59 Å². The number of nitrogens with one attached hydrogen (secondary N) is 2. The van der Waals surface area contributed by atoms with Crippen molar-refractivity contribution in [3.8, 4) is 0 Å². The first-order valence-electron chi connectivity index (χ1n) is 7.16. The number of hydrogen-bond acceptors (Lipinski definition) is 4. The average Bonchev–Trinajstić information content (AvgIpc) is 2.42. The summed E-state index contributed by atoms with van der Waals surface area (Å²) in [5.41, 5.74) is 4.98. The highest BCUT2D eigenvalue weighted by molar-refractivity contribution is 5.83. The van der Waals surface area contributed by atoms with Crippen LogP contribution in [0, 0.1) is 0 Å². The normalized spacial score (nSPS) is 20.5. The summed E-state index contributed by atoms with van der Waals surface area (Å²) in [5.74, 6) is -1.77. The highest BCUT2D eigenvalue weighted by Crippen LogP contribution is 2.13. The fourth-order valence-electron chi connectivity index (χ4n) is 2.37. The van der Waals surface area contributed by atoms with Crippen LogP contribution in [0.1, 0.15) is 32.1 Å². The Morgan fingerprint density at radius 3 is 2.67 bits per heavy atom. The maximum Gasteiger partial charge on any atom is 0.326 e. The lowest BCUT2D eigenvalue weighted by Gasteiger charge is -2.32. The molecule has 1 fully saturated rings. The zero-order chi connectivity index (χ0) is 15.8. The number of rotatable bonds is 7. The molecule has 0 spiro atoms. The Morgan fingerprint density at radius 1 is 1.38 bits per heavy atom. The monoisotopic (exact) mass is 300 g/mol. The van der Waals surface area contributed by atoms with E-state index in [-0.39, 0.29) is 18.9 Å². The van der Waals surface area contributed by atoms with Gasteiger partial charge in [-0.25, -0.2) is 9.59 Å². The van der Waals surface area contributed by atoms with Gasteiger partial charge in [0.1, 0.15) is 6.04 Å². The second-order valence-electron chi connectivity index (χ2n) is 5.38. The third-order valence-corrected chi connectivity index (χ3v) is 3.70. The van der Waals surface area contributed by atoms with Crippen LogP contribution in [-0.4, -0.2) is 60.1 Å². The summed E-state index contributed by atoms with van der Waals surface area (Å²) in [6.07, 6.45) is 3.22. The highest BCUT2D eigenvalue weighted by Gasteiger charge is 2.22. The molecular weight excluding hydrogens is 276 g/mol. The van der Waals surface area contributed by atoms with E-state index in [4.69, 9.17) is 10.8 Å². The largest absolute Gasteiger partial charge is 0.480 e. The van der Waals surface area contributed by atoms with Crippen molar-refractivity contribution in [3.05, 3.63) is 0 Å². The third kappa shape index (κ3) is 6.44. The first kappa shape index (κ1) is 17.2. The van der Waals surface area contributed by atoms with E-state index in [0.717, 1.165) is 25.8 Å². The maximum absolute atomic E-state index is 11.7. The van der Waals surface area contributed by atoms with Gasteiger partial charge in [0, 0.05) is 19.0 Å². The molecule has 1 aliphatic heterocycles. The molecule has 8 nitrogen and oxygen atoms in total. The molecule has 21 heavy (non-hydrogen) atoms. The van der Waals surface area contributed by atoms with E-state index in [1.165, 1.54) is 0 Å². The number of primary amides is 1. The molecule has 5 N–H and O–H groups in total. The van der Waals surface area contributed by atoms with Gasteiger partial charge in [-0.15, -0.1) is 0 Å². The number of likely N-dealkylation sites (tertiary alicyclic amines) is 1. The molecule has 1 rings (SSSR count). The van der Waals surface area contributed by atoms with Crippen molar-refractivity contribution in [1.29, 1.82) is 0 Å². The summed E-state index contributed by atoms with van der Waals surface area (Å²) in [6.45, 7) is 1.48. The lowest BCUT2D eigenvalue weighted by molar-refractivity contribution is -0.139. The summed E-state index contributed by atoms with van der Waals surface area (Å²) >= 11 is 0. The standard InChI is InChI=1S/C13H24N4O4/c1-17-7-3-2-4-9(17)8-15-13(21)16-10(12(19)20)5-6-11(14)18/h9-10H,2-8H2,1H3,(H2,14,18)(H,19,20)(H2,15,16,21). The number of carboxylic acid groups (broad SMARTS) is 1. The molecule has 0 aromatic heterocycles. The molecular formula is C13H24N4O4. The molecule has 1 heterocycles. The van der Waals surface area contributed by atoms with Crippen molar-refractivity contribution < 1.29 is 19.5 Å². The summed E-state index contributed by atoms with van der Waals surface area (Å²) < 4.78 is 0. The van der Waals surface area contributed by atoms with E-state index in [0.29, 0.717) is 6.54 Å². The van der Waals surface area contributed by atoms with E-state index >= 15 is 0 Å². The Morgan fingerprint density at radius 2 is 2.10 bits per heavy atom. The van der Waals surface area contributed by atoms with Gasteiger partial charge in [0.25, 0.3) is 0 Å². The van der Waals surface area contributed by atoms with Gasteiger partial charge >= 0.3 is 12.0 Å². The van der Waals surface area contributed by atoms with Crippen molar-refractivity contribution in [1.82, 2.24) is 15.5 Å². The van der Waals surface area contributed by atoms with Gasteiger partial charge in [0.15, 0.2) is 0 Å².